The topological polar surface area (TPSA) is 78.5 Å². The van der Waals surface area contributed by atoms with Gasteiger partial charge in [-0.05, 0) is 25.1 Å². The molecule has 9 heteroatoms. The number of nitrogens with zero attached hydrogens (tertiary/aromatic N) is 1. The fourth-order valence-corrected chi connectivity index (χ4v) is 3.49. The lowest BCUT2D eigenvalue weighted by Gasteiger charge is -2.23. The third-order valence-corrected chi connectivity index (χ3v) is 5.23. The minimum absolute atomic E-state index is 0. The van der Waals surface area contributed by atoms with E-state index >= 15 is 0 Å². The average molecular weight is 366 g/mol. The van der Waals surface area contributed by atoms with Gasteiger partial charge in [0.25, 0.3) is 0 Å². The lowest BCUT2D eigenvalue weighted by Crippen LogP contribution is -2.40. The first-order valence-electron chi connectivity index (χ1n) is 7.12. The van der Waals surface area contributed by atoms with Gasteiger partial charge in [0.1, 0.15) is 10.7 Å². The van der Waals surface area contributed by atoms with Gasteiger partial charge in [0.15, 0.2) is 0 Å². The van der Waals surface area contributed by atoms with E-state index in [2.05, 4.69) is 10.0 Å². The number of carbonyl (C=O) groups excluding carboxylic acids is 1. The molecule has 130 valence electrons. The minimum atomic E-state index is -3.94. The zero-order chi connectivity index (χ0) is 16.2. The number of hydrogen-bond donors (Lipinski definition) is 2. The Labute approximate surface area is 141 Å². The number of rotatable bonds is 6. The van der Waals surface area contributed by atoms with Crippen LogP contribution in [0.3, 0.4) is 0 Å². The van der Waals surface area contributed by atoms with Crippen LogP contribution in [0.5, 0.6) is 0 Å². The van der Waals surface area contributed by atoms with Crippen LogP contribution in [-0.4, -0.2) is 51.9 Å². The summed E-state index contributed by atoms with van der Waals surface area (Å²) in [6.07, 6.45) is 0.934. The number of carbonyl (C=O) groups is 1. The fourth-order valence-electron chi connectivity index (χ4n) is 2.38. The summed E-state index contributed by atoms with van der Waals surface area (Å²) >= 11 is 0. The van der Waals surface area contributed by atoms with Gasteiger partial charge in [0.05, 0.1) is 0 Å². The normalized spacial score (nSPS) is 17.6. The Morgan fingerprint density at radius 3 is 2.74 bits per heavy atom. The number of amides is 1. The van der Waals surface area contributed by atoms with Gasteiger partial charge in [-0.25, -0.2) is 17.5 Å². The van der Waals surface area contributed by atoms with Crippen molar-refractivity contribution in [1.82, 2.24) is 14.9 Å². The second-order valence-corrected chi connectivity index (χ2v) is 6.96. The summed E-state index contributed by atoms with van der Waals surface area (Å²) in [4.78, 5) is 13.2. The largest absolute Gasteiger partial charge is 0.341 e. The van der Waals surface area contributed by atoms with Gasteiger partial charge in [-0.15, -0.1) is 12.4 Å². The molecule has 2 N–H and O–H groups in total. The monoisotopic (exact) mass is 365 g/mol. The van der Waals surface area contributed by atoms with Gasteiger partial charge in [-0.1, -0.05) is 12.1 Å². The fraction of sp³-hybridized carbons (Fsp3) is 0.500. The molecule has 1 heterocycles. The average Bonchev–Trinajstić information content (AvgIpc) is 3.00. The Balaban J connectivity index is 0.00000264. The first-order chi connectivity index (χ1) is 10.4. The first-order valence-corrected chi connectivity index (χ1v) is 8.60. The predicted octanol–water partition coefficient (Wildman–Crippen LogP) is 0.736. The van der Waals surface area contributed by atoms with E-state index in [-0.39, 0.29) is 37.3 Å². The first kappa shape index (κ1) is 19.8. The number of halogens is 2. The summed E-state index contributed by atoms with van der Waals surface area (Å²) < 4.78 is 39.7. The van der Waals surface area contributed by atoms with Crippen molar-refractivity contribution in [1.29, 1.82) is 0 Å². The van der Waals surface area contributed by atoms with Crippen LogP contribution in [0, 0.1) is 5.82 Å². The molecule has 6 nitrogen and oxygen atoms in total. The maximum absolute atomic E-state index is 13.5. The maximum atomic E-state index is 13.5. The van der Waals surface area contributed by atoms with Crippen LogP contribution >= 0.6 is 12.4 Å². The van der Waals surface area contributed by atoms with Crippen LogP contribution in [0.2, 0.25) is 0 Å². The lowest BCUT2D eigenvalue weighted by atomic mass is 10.2. The summed E-state index contributed by atoms with van der Waals surface area (Å²) in [5, 5.41) is 3.17. The number of likely N-dealkylation sites (N-methyl/N-ethyl adjacent to an activating group) is 1. The third kappa shape index (κ3) is 5.13. The third-order valence-electron chi connectivity index (χ3n) is 3.73. The van der Waals surface area contributed by atoms with E-state index < -0.39 is 20.7 Å². The molecule has 0 aromatic heterocycles. The summed E-state index contributed by atoms with van der Waals surface area (Å²) in [6, 6.07) is 5.29. The van der Waals surface area contributed by atoms with Crippen LogP contribution < -0.4 is 10.0 Å². The molecule has 1 aromatic carbocycles. The molecule has 0 bridgehead atoms. The van der Waals surface area contributed by atoms with Gasteiger partial charge in [0, 0.05) is 32.6 Å². The van der Waals surface area contributed by atoms with E-state index in [0.717, 1.165) is 25.6 Å². The Morgan fingerprint density at radius 1 is 1.43 bits per heavy atom. The van der Waals surface area contributed by atoms with E-state index in [0.29, 0.717) is 0 Å². The van der Waals surface area contributed by atoms with Crippen LogP contribution in [0.15, 0.2) is 29.2 Å². The molecule has 1 fully saturated rings. The van der Waals surface area contributed by atoms with Gasteiger partial charge >= 0.3 is 0 Å². The summed E-state index contributed by atoms with van der Waals surface area (Å²) in [5.41, 5.74) is 0. The van der Waals surface area contributed by atoms with Crippen LogP contribution in [0.4, 0.5) is 4.39 Å². The molecule has 0 spiro atoms. The SMILES string of the molecule is CN(C(=O)CCNS(=O)(=O)c1ccccc1F)C1CCNC1.Cl. The molecular weight excluding hydrogens is 345 g/mol. The van der Waals surface area contributed by atoms with Crippen LogP contribution in [-0.2, 0) is 14.8 Å². The molecule has 0 saturated carbocycles. The van der Waals surface area contributed by atoms with E-state index in [1.54, 1.807) is 11.9 Å². The van der Waals surface area contributed by atoms with E-state index in [1.165, 1.54) is 18.2 Å². The smallest absolute Gasteiger partial charge is 0.243 e. The van der Waals surface area contributed by atoms with E-state index in [9.17, 15) is 17.6 Å². The highest BCUT2D eigenvalue weighted by atomic mass is 35.5. The van der Waals surface area contributed by atoms with E-state index in [1.807, 2.05) is 0 Å². The highest BCUT2D eigenvalue weighted by Gasteiger charge is 2.23. The number of hydrogen-bond acceptors (Lipinski definition) is 4. The molecule has 2 rings (SSSR count). The Bertz CT molecular complexity index is 636. The molecule has 1 aliphatic heterocycles. The molecule has 0 aliphatic carbocycles. The Kier molecular flexibility index (Phi) is 7.40. The standard InChI is InChI=1S/C14H20FN3O3S.ClH/c1-18(11-6-8-16-10-11)14(19)7-9-17-22(20,21)13-5-3-2-4-12(13)15;/h2-5,11,16-17H,6-10H2,1H3;1H. The van der Waals surface area contributed by atoms with Crippen molar-refractivity contribution < 1.29 is 17.6 Å². The van der Waals surface area contributed by atoms with Gasteiger partial charge in [-0.2, -0.15) is 0 Å². The molecule has 1 amide bonds. The molecule has 1 aliphatic rings. The number of sulfonamides is 1. The Hall–Kier alpha value is -1.22. The second kappa shape index (κ2) is 8.58. The summed E-state index contributed by atoms with van der Waals surface area (Å²) in [6.45, 7) is 1.57. The maximum Gasteiger partial charge on any atom is 0.243 e. The van der Waals surface area contributed by atoms with E-state index in [4.69, 9.17) is 0 Å². The van der Waals surface area contributed by atoms with Crippen molar-refractivity contribution in [3.8, 4) is 0 Å². The molecule has 1 unspecified atom stereocenters. The molecule has 0 radical (unpaired) electrons. The molecule has 1 atom stereocenters. The number of benzene rings is 1. The van der Waals surface area contributed by atoms with Crippen molar-refractivity contribution >= 4 is 28.3 Å². The highest BCUT2D eigenvalue weighted by Crippen LogP contribution is 2.13. The lowest BCUT2D eigenvalue weighted by molar-refractivity contribution is -0.131. The van der Waals surface area contributed by atoms with Crippen LogP contribution in [0.25, 0.3) is 0 Å². The Morgan fingerprint density at radius 2 is 2.13 bits per heavy atom. The molecule has 1 aromatic rings. The van der Waals surface area contributed by atoms with Crippen LogP contribution in [0.1, 0.15) is 12.8 Å². The molecule has 23 heavy (non-hydrogen) atoms. The summed E-state index contributed by atoms with van der Waals surface area (Å²) in [5.74, 6) is -0.944. The van der Waals surface area contributed by atoms with Gasteiger partial charge in [-0.3, -0.25) is 4.79 Å². The van der Waals surface area contributed by atoms with Gasteiger partial charge < -0.3 is 10.2 Å². The highest BCUT2D eigenvalue weighted by molar-refractivity contribution is 7.89. The van der Waals surface area contributed by atoms with Crippen molar-refractivity contribution in [2.45, 2.75) is 23.8 Å². The minimum Gasteiger partial charge on any atom is -0.341 e. The van der Waals surface area contributed by atoms with Crippen molar-refractivity contribution in [2.75, 3.05) is 26.7 Å². The van der Waals surface area contributed by atoms with Crippen molar-refractivity contribution in [3.05, 3.63) is 30.1 Å². The zero-order valence-corrected chi connectivity index (χ0v) is 14.4. The van der Waals surface area contributed by atoms with Crippen molar-refractivity contribution in [3.63, 3.8) is 0 Å². The van der Waals surface area contributed by atoms with Crippen molar-refractivity contribution in [2.24, 2.45) is 0 Å². The zero-order valence-electron chi connectivity index (χ0n) is 12.8. The second-order valence-electron chi connectivity index (χ2n) is 5.23. The molecular formula is C14H21ClFN3O3S. The predicted molar refractivity (Wildman–Crippen MR) is 87.5 cm³/mol. The number of nitrogens with one attached hydrogen (secondary N) is 2. The molecule has 1 saturated heterocycles. The summed E-state index contributed by atoms with van der Waals surface area (Å²) in [7, 11) is -2.23. The van der Waals surface area contributed by atoms with Gasteiger partial charge in [0.2, 0.25) is 15.9 Å². The quantitative estimate of drug-likeness (QED) is 0.779.